The number of carbonyl (C=O) groups excluding carboxylic acids is 1. The first-order valence-corrected chi connectivity index (χ1v) is 7.08. The summed E-state index contributed by atoms with van der Waals surface area (Å²) in [6, 6.07) is 2.97. The van der Waals surface area contributed by atoms with E-state index in [1.807, 2.05) is 0 Å². The second-order valence-corrected chi connectivity index (χ2v) is 5.29. The Morgan fingerprint density at radius 2 is 2.24 bits per heavy atom. The summed E-state index contributed by atoms with van der Waals surface area (Å²) in [7, 11) is 0. The highest BCUT2D eigenvalue weighted by molar-refractivity contribution is 6.02. The van der Waals surface area contributed by atoms with Crippen LogP contribution in [0.1, 0.15) is 36.5 Å². The van der Waals surface area contributed by atoms with Crippen molar-refractivity contribution in [3.63, 3.8) is 0 Å². The van der Waals surface area contributed by atoms with Gasteiger partial charge >= 0.3 is 5.97 Å². The van der Waals surface area contributed by atoms with Crippen LogP contribution in [0, 0.1) is 11.7 Å². The minimum atomic E-state index is -1.27. The molecule has 1 aliphatic heterocycles. The van der Waals surface area contributed by atoms with Crippen LogP contribution in [-0.2, 0) is 4.79 Å². The van der Waals surface area contributed by atoms with Crippen molar-refractivity contribution < 1.29 is 19.1 Å². The first kappa shape index (κ1) is 15.4. The summed E-state index contributed by atoms with van der Waals surface area (Å²) in [5, 5.41) is 14.8. The number of anilines is 1. The van der Waals surface area contributed by atoms with E-state index < -0.39 is 11.8 Å². The maximum Gasteiger partial charge on any atom is 0.337 e. The summed E-state index contributed by atoms with van der Waals surface area (Å²) in [5.74, 6) is -1.70. The third-order valence-corrected chi connectivity index (χ3v) is 3.88. The van der Waals surface area contributed by atoms with E-state index in [0.29, 0.717) is 5.92 Å². The Balaban J connectivity index is 2.11. The van der Waals surface area contributed by atoms with Crippen LogP contribution in [-0.4, -0.2) is 29.6 Å². The molecular weight excluding hydrogens is 275 g/mol. The molecule has 114 valence electrons. The summed E-state index contributed by atoms with van der Waals surface area (Å²) in [5.41, 5.74) is -0.125. The monoisotopic (exact) mass is 294 g/mol. The summed E-state index contributed by atoms with van der Waals surface area (Å²) < 4.78 is 13.1. The Morgan fingerprint density at radius 3 is 2.90 bits per heavy atom. The molecule has 1 aromatic rings. The highest BCUT2D eigenvalue weighted by atomic mass is 19.1. The van der Waals surface area contributed by atoms with E-state index in [9.17, 15) is 14.0 Å². The van der Waals surface area contributed by atoms with Gasteiger partial charge < -0.3 is 15.7 Å². The number of carbonyl (C=O) groups is 2. The maximum atomic E-state index is 13.1. The van der Waals surface area contributed by atoms with Crippen molar-refractivity contribution in [1.29, 1.82) is 0 Å². The third kappa shape index (κ3) is 3.78. The molecule has 6 heteroatoms. The van der Waals surface area contributed by atoms with Gasteiger partial charge in [-0.05, 0) is 43.5 Å². The fraction of sp³-hybridized carbons (Fsp3) is 0.467. The second kappa shape index (κ2) is 6.67. The molecule has 5 nitrogen and oxygen atoms in total. The zero-order valence-electron chi connectivity index (χ0n) is 11.9. The van der Waals surface area contributed by atoms with Crippen molar-refractivity contribution in [2.45, 2.75) is 32.2 Å². The summed E-state index contributed by atoms with van der Waals surface area (Å²) in [6.07, 6.45) is 2.78. The molecule has 1 aliphatic rings. The van der Waals surface area contributed by atoms with Crippen molar-refractivity contribution in [3.8, 4) is 0 Å². The lowest BCUT2D eigenvalue weighted by molar-refractivity contribution is -0.119. The number of piperidine rings is 1. The van der Waals surface area contributed by atoms with Gasteiger partial charge in [0.2, 0.25) is 5.91 Å². The molecule has 0 saturated carbocycles. The van der Waals surface area contributed by atoms with Gasteiger partial charge in [0.25, 0.3) is 0 Å². The molecular formula is C15H19FN2O3. The Labute approximate surface area is 122 Å². The number of aromatic carboxylic acids is 1. The van der Waals surface area contributed by atoms with Crippen LogP contribution in [0.25, 0.3) is 0 Å². The Bertz CT molecular complexity index is 548. The largest absolute Gasteiger partial charge is 0.478 e. The molecule has 1 fully saturated rings. The predicted molar refractivity (Wildman–Crippen MR) is 76.8 cm³/mol. The van der Waals surface area contributed by atoms with Crippen molar-refractivity contribution in [1.82, 2.24) is 5.32 Å². The zero-order chi connectivity index (χ0) is 15.4. The van der Waals surface area contributed by atoms with Crippen molar-refractivity contribution in [2.75, 3.05) is 11.9 Å². The molecule has 2 rings (SSSR count). The van der Waals surface area contributed by atoms with E-state index in [1.54, 1.807) is 0 Å². The molecule has 21 heavy (non-hydrogen) atoms. The van der Waals surface area contributed by atoms with Gasteiger partial charge in [0.05, 0.1) is 17.3 Å². The van der Waals surface area contributed by atoms with Gasteiger partial charge in [-0.3, -0.25) is 4.79 Å². The normalized spacial score (nSPS) is 21.8. The Hall–Kier alpha value is -1.95. The summed E-state index contributed by atoms with van der Waals surface area (Å²) >= 11 is 0. The van der Waals surface area contributed by atoms with Crippen molar-refractivity contribution in [3.05, 3.63) is 29.6 Å². The standard InChI is InChI=1S/C15H19FN2O3/c1-2-9-5-6-17-13(7-9)14(19)18-12-4-3-10(16)8-11(12)15(20)21/h3-4,8-9,13,17H,2,5-7H2,1H3,(H,18,19)(H,20,21). The van der Waals surface area contributed by atoms with Crippen LogP contribution in [0.3, 0.4) is 0 Å². The number of carboxylic acid groups (broad SMARTS) is 1. The highest BCUT2D eigenvalue weighted by Crippen LogP contribution is 2.22. The van der Waals surface area contributed by atoms with E-state index in [2.05, 4.69) is 17.6 Å². The van der Waals surface area contributed by atoms with Crippen LogP contribution >= 0.6 is 0 Å². The third-order valence-electron chi connectivity index (χ3n) is 3.88. The van der Waals surface area contributed by atoms with Gasteiger partial charge in [-0.15, -0.1) is 0 Å². The number of amides is 1. The molecule has 0 spiro atoms. The summed E-state index contributed by atoms with van der Waals surface area (Å²) in [6.45, 7) is 2.86. The number of halogens is 1. The van der Waals surface area contributed by atoms with E-state index in [-0.39, 0.29) is 23.2 Å². The average Bonchev–Trinajstić information content (AvgIpc) is 2.48. The van der Waals surface area contributed by atoms with E-state index in [0.717, 1.165) is 37.9 Å². The number of hydrogen-bond donors (Lipinski definition) is 3. The number of benzene rings is 1. The zero-order valence-corrected chi connectivity index (χ0v) is 11.9. The number of nitrogens with one attached hydrogen (secondary N) is 2. The molecule has 3 N–H and O–H groups in total. The van der Waals surface area contributed by atoms with Crippen LogP contribution < -0.4 is 10.6 Å². The minimum Gasteiger partial charge on any atom is -0.478 e. The second-order valence-electron chi connectivity index (χ2n) is 5.29. The predicted octanol–water partition coefficient (Wildman–Crippen LogP) is 2.24. The molecule has 2 unspecified atom stereocenters. The molecule has 1 amide bonds. The summed E-state index contributed by atoms with van der Waals surface area (Å²) in [4.78, 5) is 23.3. The number of hydrogen-bond acceptors (Lipinski definition) is 3. The molecule has 0 radical (unpaired) electrons. The highest BCUT2D eigenvalue weighted by Gasteiger charge is 2.26. The van der Waals surface area contributed by atoms with E-state index >= 15 is 0 Å². The first-order chi connectivity index (χ1) is 10.0. The van der Waals surface area contributed by atoms with Gasteiger partial charge in [-0.25, -0.2) is 9.18 Å². The van der Waals surface area contributed by atoms with Gasteiger partial charge in [0.15, 0.2) is 0 Å². The smallest absolute Gasteiger partial charge is 0.337 e. The van der Waals surface area contributed by atoms with Crippen LogP contribution in [0.4, 0.5) is 10.1 Å². The maximum absolute atomic E-state index is 13.1. The lowest BCUT2D eigenvalue weighted by Gasteiger charge is -2.29. The van der Waals surface area contributed by atoms with Gasteiger partial charge in [0, 0.05) is 0 Å². The quantitative estimate of drug-likeness (QED) is 0.796. The fourth-order valence-electron chi connectivity index (χ4n) is 2.59. The van der Waals surface area contributed by atoms with Crippen molar-refractivity contribution in [2.24, 2.45) is 5.92 Å². The van der Waals surface area contributed by atoms with Crippen molar-refractivity contribution >= 4 is 17.6 Å². The van der Waals surface area contributed by atoms with Crippen LogP contribution in [0.2, 0.25) is 0 Å². The molecule has 2 atom stereocenters. The molecule has 1 heterocycles. The molecule has 1 saturated heterocycles. The topological polar surface area (TPSA) is 78.4 Å². The van der Waals surface area contributed by atoms with E-state index in [4.69, 9.17) is 5.11 Å². The fourth-order valence-corrected chi connectivity index (χ4v) is 2.59. The Morgan fingerprint density at radius 1 is 1.48 bits per heavy atom. The molecule has 1 aromatic carbocycles. The molecule has 0 bridgehead atoms. The molecule has 0 aliphatic carbocycles. The SMILES string of the molecule is CCC1CCNC(C(=O)Nc2ccc(F)cc2C(=O)O)C1. The van der Waals surface area contributed by atoms with Gasteiger partial charge in [-0.2, -0.15) is 0 Å². The lowest BCUT2D eigenvalue weighted by Crippen LogP contribution is -2.46. The number of carboxylic acids is 1. The van der Waals surface area contributed by atoms with E-state index in [1.165, 1.54) is 6.07 Å². The first-order valence-electron chi connectivity index (χ1n) is 7.08. The van der Waals surface area contributed by atoms with Gasteiger partial charge in [-0.1, -0.05) is 13.3 Å². The lowest BCUT2D eigenvalue weighted by atomic mass is 9.90. The van der Waals surface area contributed by atoms with Crippen LogP contribution in [0.5, 0.6) is 0 Å². The van der Waals surface area contributed by atoms with Crippen LogP contribution in [0.15, 0.2) is 18.2 Å². The Kier molecular flexibility index (Phi) is 4.90. The molecule has 0 aromatic heterocycles. The number of rotatable bonds is 4. The minimum absolute atomic E-state index is 0.120. The average molecular weight is 294 g/mol. The van der Waals surface area contributed by atoms with Gasteiger partial charge in [0.1, 0.15) is 5.82 Å².